The van der Waals surface area contributed by atoms with E-state index in [1.165, 1.54) is 6.07 Å². The molecule has 0 saturated carbocycles. The van der Waals surface area contributed by atoms with Crippen LogP contribution in [-0.2, 0) is 6.54 Å². The van der Waals surface area contributed by atoms with Crippen molar-refractivity contribution in [3.63, 3.8) is 0 Å². The normalized spacial score (nSPS) is 19.9. The minimum absolute atomic E-state index is 0.163. The second-order valence-electron chi connectivity index (χ2n) is 4.16. The van der Waals surface area contributed by atoms with Crippen molar-refractivity contribution < 1.29 is 4.39 Å². The summed E-state index contributed by atoms with van der Waals surface area (Å²) in [5, 5.41) is 4.36. The molecule has 0 saturated heterocycles. The third-order valence-corrected chi connectivity index (χ3v) is 4.05. The molecule has 0 spiro atoms. The van der Waals surface area contributed by atoms with Crippen molar-refractivity contribution in [2.75, 3.05) is 12.3 Å². The van der Waals surface area contributed by atoms with E-state index in [4.69, 9.17) is 11.6 Å². The van der Waals surface area contributed by atoms with Crippen LogP contribution >= 0.6 is 23.4 Å². The molecule has 1 aliphatic heterocycles. The van der Waals surface area contributed by atoms with Crippen molar-refractivity contribution in [3.05, 3.63) is 34.6 Å². The minimum atomic E-state index is -0.381. The first-order chi connectivity index (χ1) is 8.15. The number of rotatable bonds is 2. The number of nitrogens with one attached hydrogen (secondary N) is 1. The SMILES string of the molecule is CC1CN=C(NCc2ccc(F)c(Cl)c2)SC1. The van der Waals surface area contributed by atoms with Crippen molar-refractivity contribution in [2.45, 2.75) is 13.5 Å². The molecule has 5 heteroatoms. The number of nitrogens with zero attached hydrogens (tertiary/aromatic N) is 1. The van der Waals surface area contributed by atoms with Gasteiger partial charge >= 0.3 is 0 Å². The number of hydrogen-bond donors (Lipinski definition) is 1. The molecule has 2 rings (SSSR count). The topological polar surface area (TPSA) is 24.4 Å². The molecule has 1 N–H and O–H groups in total. The number of thioether (sulfide) groups is 1. The summed E-state index contributed by atoms with van der Waals surface area (Å²) in [7, 11) is 0. The van der Waals surface area contributed by atoms with Crippen LogP contribution in [0, 0.1) is 11.7 Å². The lowest BCUT2D eigenvalue weighted by Crippen LogP contribution is -2.25. The van der Waals surface area contributed by atoms with E-state index < -0.39 is 0 Å². The van der Waals surface area contributed by atoms with Crippen LogP contribution in [0.3, 0.4) is 0 Å². The molecule has 1 unspecified atom stereocenters. The van der Waals surface area contributed by atoms with Gasteiger partial charge in [-0.05, 0) is 23.6 Å². The Kier molecular flexibility index (Phi) is 4.29. The van der Waals surface area contributed by atoms with Crippen LogP contribution in [0.2, 0.25) is 5.02 Å². The van der Waals surface area contributed by atoms with Gasteiger partial charge in [-0.25, -0.2) is 4.39 Å². The molecule has 1 aliphatic rings. The van der Waals surface area contributed by atoms with Crippen molar-refractivity contribution in [3.8, 4) is 0 Å². The summed E-state index contributed by atoms with van der Waals surface area (Å²) in [6.45, 7) is 3.69. The Bertz CT molecular complexity index is 437. The fourth-order valence-corrected chi connectivity index (χ4v) is 2.58. The highest BCUT2D eigenvalue weighted by molar-refractivity contribution is 8.13. The molecular weight excluding hydrogens is 259 g/mol. The highest BCUT2D eigenvalue weighted by atomic mass is 35.5. The Morgan fingerprint density at radius 3 is 3.06 bits per heavy atom. The molecule has 0 fully saturated rings. The van der Waals surface area contributed by atoms with Gasteiger partial charge in [0, 0.05) is 18.8 Å². The number of aliphatic imine (C=N–C) groups is 1. The van der Waals surface area contributed by atoms with E-state index in [-0.39, 0.29) is 10.8 Å². The molecule has 0 amide bonds. The number of benzene rings is 1. The summed E-state index contributed by atoms with van der Waals surface area (Å²) in [6, 6.07) is 4.75. The predicted molar refractivity (Wildman–Crippen MR) is 72.2 cm³/mol. The fraction of sp³-hybridized carbons (Fsp3) is 0.417. The van der Waals surface area contributed by atoms with E-state index >= 15 is 0 Å². The zero-order chi connectivity index (χ0) is 12.3. The van der Waals surface area contributed by atoms with E-state index in [1.807, 2.05) is 0 Å². The van der Waals surface area contributed by atoms with Gasteiger partial charge in [0.15, 0.2) is 5.17 Å². The van der Waals surface area contributed by atoms with Gasteiger partial charge in [-0.2, -0.15) is 0 Å². The second-order valence-corrected chi connectivity index (χ2v) is 5.58. The van der Waals surface area contributed by atoms with Crippen LogP contribution in [0.25, 0.3) is 0 Å². The van der Waals surface area contributed by atoms with Crippen LogP contribution in [0.15, 0.2) is 23.2 Å². The van der Waals surface area contributed by atoms with E-state index in [1.54, 1.807) is 23.9 Å². The Labute approximate surface area is 110 Å². The monoisotopic (exact) mass is 272 g/mol. The van der Waals surface area contributed by atoms with Crippen molar-refractivity contribution in [1.82, 2.24) is 5.32 Å². The molecule has 1 heterocycles. The lowest BCUT2D eigenvalue weighted by Gasteiger charge is -2.17. The van der Waals surface area contributed by atoms with Crippen LogP contribution in [0.1, 0.15) is 12.5 Å². The standard InChI is InChI=1S/C12H14ClFN2S/c1-8-5-15-12(17-7-8)16-6-9-2-3-11(14)10(13)4-9/h2-4,8H,5-7H2,1H3,(H,15,16). The van der Waals surface area contributed by atoms with Gasteiger partial charge in [0.05, 0.1) is 5.02 Å². The third kappa shape index (κ3) is 3.61. The Morgan fingerprint density at radius 2 is 2.41 bits per heavy atom. The van der Waals surface area contributed by atoms with E-state index in [0.29, 0.717) is 12.5 Å². The average Bonchev–Trinajstić information content (AvgIpc) is 2.33. The first-order valence-electron chi connectivity index (χ1n) is 5.50. The number of hydrogen-bond acceptors (Lipinski definition) is 3. The predicted octanol–water partition coefficient (Wildman–Crippen LogP) is 3.31. The summed E-state index contributed by atoms with van der Waals surface area (Å²) < 4.78 is 13.0. The average molecular weight is 273 g/mol. The van der Waals surface area contributed by atoms with Crippen LogP contribution in [0.4, 0.5) is 4.39 Å². The third-order valence-electron chi connectivity index (χ3n) is 2.48. The molecule has 1 atom stereocenters. The largest absolute Gasteiger partial charge is 0.361 e. The maximum absolute atomic E-state index is 13.0. The summed E-state index contributed by atoms with van der Waals surface area (Å²) in [6.07, 6.45) is 0. The molecule has 1 aromatic carbocycles. The summed E-state index contributed by atoms with van der Waals surface area (Å²) in [5.74, 6) is 1.36. The first-order valence-corrected chi connectivity index (χ1v) is 6.86. The smallest absolute Gasteiger partial charge is 0.156 e. The van der Waals surface area contributed by atoms with Gasteiger partial charge in [-0.3, -0.25) is 4.99 Å². The summed E-state index contributed by atoms with van der Waals surface area (Å²) in [5.41, 5.74) is 0.957. The van der Waals surface area contributed by atoms with E-state index in [9.17, 15) is 4.39 Å². The number of amidine groups is 1. The Balaban J connectivity index is 1.91. The number of halogens is 2. The lowest BCUT2D eigenvalue weighted by molar-refractivity contribution is 0.627. The first kappa shape index (κ1) is 12.7. The van der Waals surface area contributed by atoms with Crippen molar-refractivity contribution in [1.29, 1.82) is 0 Å². The second kappa shape index (κ2) is 5.74. The molecule has 2 nitrogen and oxygen atoms in total. The minimum Gasteiger partial charge on any atom is -0.361 e. The molecule has 17 heavy (non-hydrogen) atoms. The van der Waals surface area contributed by atoms with Crippen LogP contribution in [-0.4, -0.2) is 17.5 Å². The van der Waals surface area contributed by atoms with Gasteiger partial charge < -0.3 is 5.32 Å². The molecule has 0 aliphatic carbocycles. The van der Waals surface area contributed by atoms with E-state index in [2.05, 4.69) is 17.2 Å². The maximum atomic E-state index is 13.0. The van der Waals surface area contributed by atoms with Crippen molar-refractivity contribution >= 4 is 28.5 Å². The van der Waals surface area contributed by atoms with Crippen molar-refractivity contribution in [2.24, 2.45) is 10.9 Å². The molecular formula is C12H14ClFN2S. The van der Waals surface area contributed by atoms with Gasteiger partial charge in [0.1, 0.15) is 5.82 Å². The van der Waals surface area contributed by atoms with Gasteiger partial charge in [-0.15, -0.1) is 0 Å². The molecule has 0 bridgehead atoms. The van der Waals surface area contributed by atoms with Crippen LogP contribution in [0.5, 0.6) is 0 Å². The van der Waals surface area contributed by atoms with Gasteiger partial charge in [0.25, 0.3) is 0 Å². The Hall–Kier alpha value is -0.740. The zero-order valence-corrected chi connectivity index (χ0v) is 11.1. The van der Waals surface area contributed by atoms with E-state index in [0.717, 1.165) is 23.0 Å². The fourth-order valence-electron chi connectivity index (χ4n) is 1.49. The summed E-state index contributed by atoms with van der Waals surface area (Å²) in [4.78, 5) is 4.43. The molecule has 92 valence electrons. The van der Waals surface area contributed by atoms with Gasteiger partial charge in [-0.1, -0.05) is 36.4 Å². The van der Waals surface area contributed by atoms with Gasteiger partial charge in [0.2, 0.25) is 0 Å². The highest BCUT2D eigenvalue weighted by Gasteiger charge is 2.11. The molecule has 0 radical (unpaired) electrons. The highest BCUT2D eigenvalue weighted by Crippen LogP contribution is 2.18. The maximum Gasteiger partial charge on any atom is 0.156 e. The molecule has 0 aromatic heterocycles. The van der Waals surface area contributed by atoms with Crippen LogP contribution < -0.4 is 5.32 Å². The quantitative estimate of drug-likeness (QED) is 0.893. The Morgan fingerprint density at radius 1 is 1.59 bits per heavy atom. The lowest BCUT2D eigenvalue weighted by atomic mass is 10.2. The molecule has 1 aromatic rings. The summed E-state index contributed by atoms with van der Waals surface area (Å²) >= 11 is 7.45. The zero-order valence-electron chi connectivity index (χ0n) is 9.54.